The molecule has 51 heavy (non-hydrogen) atoms. The predicted molar refractivity (Wildman–Crippen MR) is 201 cm³/mol. The number of likely N-dealkylation sites (N-methyl/N-ethyl adjacent to an activating group) is 1. The van der Waals surface area contributed by atoms with E-state index >= 15 is 0 Å². The Labute approximate surface area is 309 Å². The van der Waals surface area contributed by atoms with Crippen LogP contribution < -0.4 is 0 Å². The fourth-order valence-electron chi connectivity index (χ4n) is 15.1. The van der Waals surface area contributed by atoms with Crippen LogP contribution >= 0.6 is 0 Å². The number of nitrogens with zero attached hydrogens (tertiary/aromatic N) is 2. The molecule has 7 aliphatic rings. The van der Waals surface area contributed by atoms with Crippen LogP contribution in [0.4, 0.5) is 0 Å². The van der Waals surface area contributed by atoms with Crippen molar-refractivity contribution in [2.24, 2.45) is 67.5 Å². The number of carbonyl (C=O) groups excluding carboxylic acids is 2. The minimum absolute atomic E-state index is 0.0387. The zero-order valence-electron chi connectivity index (χ0n) is 33.9. The molecule has 7 fully saturated rings. The molecule has 0 spiro atoms. The van der Waals surface area contributed by atoms with E-state index < -0.39 is 11.4 Å². The van der Waals surface area contributed by atoms with Crippen LogP contribution in [0.2, 0.25) is 0 Å². The lowest BCUT2D eigenvalue weighted by Gasteiger charge is -2.73. The number of aliphatic carboxylic acids is 1. The van der Waals surface area contributed by atoms with Crippen LogP contribution in [-0.2, 0) is 19.1 Å². The van der Waals surface area contributed by atoms with Crippen molar-refractivity contribution in [1.82, 2.24) is 9.80 Å². The number of carboxylic acids is 1. The van der Waals surface area contributed by atoms with Crippen molar-refractivity contribution in [2.75, 3.05) is 32.7 Å². The molecule has 7 heteroatoms. The molecule has 1 aliphatic heterocycles. The Morgan fingerprint density at radius 2 is 1.41 bits per heavy atom. The highest BCUT2D eigenvalue weighted by Gasteiger charge is 2.73. The molecule has 10 atom stereocenters. The van der Waals surface area contributed by atoms with Crippen molar-refractivity contribution in [1.29, 1.82) is 0 Å². The summed E-state index contributed by atoms with van der Waals surface area (Å²) in [6, 6.07) is 0. The van der Waals surface area contributed by atoms with Crippen molar-refractivity contribution < 1.29 is 24.2 Å². The number of esters is 1. The van der Waals surface area contributed by atoms with E-state index in [4.69, 9.17) is 4.74 Å². The first-order valence-corrected chi connectivity index (χ1v) is 21.2. The maximum absolute atomic E-state index is 15.0. The monoisotopic (exact) mass is 709 g/mol. The van der Waals surface area contributed by atoms with Gasteiger partial charge in [-0.1, -0.05) is 62.3 Å². The lowest BCUT2D eigenvalue weighted by molar-refractivity contribution is -0.251. The first-order chi connectivity index (χ1) is 23.8. The molecule has 6 saturated carbocycles. The Bertz CT molecular complexity index is 1400. The minimum Gasteiger partial charge on any atom is -0.481 e. The third-order valence-corrected chi connectivity index (χ3v) is 18.4. The summed E-state index contributed by atoms with van der Waals surface area (Å²) in [7, 11) is 0. The number of piperazine rings is 1. The van der Waals surface area contributed by atoms with Gasteiger partial charge in [0.15, 0.2) is 0 Å². The van der Waals surface area contributed by atoms with Crippen LogP contribution in [0.3, 0.4) is 0 Å². The van der Waals surface area contributed by atoms with Gasteiger partial charge in [-0.3, -0.25) is 14.4 Å². The molecule has 6 aliphatic carbocycles. The normalized spacial score (nSPS) is 44.4. The molecular weight excluding hydrogens is 636 g/mol. The summed E-state index contributed by atoms with van der Waals surface area (Å²) in [6.07, 6.45) is 14.1. The van der Waals surface area contributed by atoms with E-state index in [1.54, 1.807) is 0 Å². The molecule has 0 aromatic carbocycles. The highest BCUT2D eigenvalue weighted by Crippen LogP contribution is 2.79. The fourth-order valence-corrected chi connectivity index (χ4v) is 15.1. The summed E-state index contributed by atoms with van der Waals surface area (Å²) in [4.78, 5) is 44.5. The number of hydrogen-bond acceptors (Lipinski definition) is 5. The molecule has 288 valence electrons. The second-order valence-electron chi connectivity index (χ2n) is 21.6. The maximum atomic E-state index is 15.0. The van der Waals surface area contributed by atoms with E-state index in [9.17, 15) is 19.5 Å². The van der Waals surface area contributed by atoms with Gasteiger partial charge in [-0.05, 0) is 140 Å². The molecule has 0 unspecified atom stereocenters. The third kappa shape index (κ3) is 5.76. The van der Waals surface area contributed by atoms with Crippen LogP contribution in [0.5, 0.6) is 0 Å². The molecule has 1 amide bonds. The largest absolute Gasteiger partial charge is 0.481 e. The topological polar surface area (TPSA) is 87.2 Å². The summed E-state index contributed by atoms with van der Waals surface area (Å²) < 4.78 is 6.31. The van der Waals surface area contributed by atoms with Crippen LogP contribution in [0.1, 0.15) is 152 Å². The summed E-state index contributed by atoms with van der Waals surface area (Å²) >= 11 is 0. The molecule has 1 saturated heterocycles. The van der Waals surface area contributed by atoms with Crippen molar-refractivity contribution >= 4 is 17.8 Å². The van der Waals surface area contributed by atoms with E-state index in [1.165, 1.54) is 44.9 Å². The summed E-state index contributed by atoms with van der Waals surface area (Å²) in [6.45, 7) is 26.1. The van der Waals surface area contributed by atoms with Gasteiger partial charge in [0.05, 0.1) is 18.3 Å². The lowest BCUT2D eigenvalue weighted by atomic mass is 9.32. The highest BCUT2D eigenvalue weighted by atomic mass is 16.5. The number of fused-ring (bicyclic) bond motifs is 7. The van der Waals surface area contributed by atoms with Crippen molar-refractivity contribution in [3.8, 4) is 0 Å². The van der Waals surface area contributed by atoms with Gasteiger partial charge in [-0.25, -0.2) is 0 Å². The van der Waals surface area contributed by atoms with Crippen molar-refractivity contribution in [3.05, 3.63) is 0 Å². The average Bonchev–Trinajstić information content (AvgIpc) is 3.66. The Hall–Kier alpha value is -1.63. The lowest BCUT2D eigenvalue weighted by Crippen LogP contribution is -2.68. The highest BCUT2D eigenvalue weighted by molar-refractivity contribution is 5.84. The van der Waals surface area contributed by atoms with Gasteiger partial charge < -0.3 is 19.6 Å². The Kier molecular flexibility index (Phi) is 9.20. The zero-order valence-corrected chi connectivity index (χ0v) is 33.9. The molecule has 1 N–H and O–H groups in total. The molecule has 0 radical (unpaired) electrons. The van der Waals surface area contributed by atoms with Gasteiger partial charge in [0.2, 0.25) is 5.91 Å². The average molecular weight is 709 g/mol. The van der Waals surface area contributed by atoms with E-state index in [0.29, 0.717) is 40.9 Å². The Balaban J connectivity index is 1.14. The molecule has 7 nitrogen and oxygen atoms in total. The van der Waals surface area contributed by atoms with Crippen molar-refractivity contribution in [3.63, 3.8) is 0 Å². The summed E-state index contributed by atoms with van der Waals surface area (Å²) in [5, 5.41) is 9.36. The standard InChI is InChI=1S/C44H72N2O5/c1-10-45-23-25-46(26-24-45)37(50)44-18-13-29(40(6)19-20-40)36(44)30-11-12-32-41(7)16-15-33(51-35(49)28-38(2,3)27-34(47)48)39(4,5)31(41)14-17-43(32,9)42(30,8)21-22-44/h29-33,36H,10-28H2,1-9H3,(H,47,48)/t29-,30-,31+,32-,33+,36-,41+,42-,43-,44+/m1/s1. The van der Waals surface area contributed by atoms with Crippen LogP contribution in [-0.4, -0.2) is 71.6 Å². The zero-order chi connectivity index (χ0) is 37.0. The van der Waals surface area contributed by atoms with Crippen LogP contribution in [0.25, 0.3) is 0 Å². The summed E-state index contributed by atoms with van der Waals surface area (Å²) in [5.74, 6) is 2.30. The molecule has 0 bridgehead atoms. The van der Waals surface area contributed by atoms with Gasteiger partial charge >= 0.3 is 11.9 Å². The summed E-state index contributed by atoms with van der Waals surface area (Å²) in [5.41, 5.74) is 0.108. The number of carbonyl (C=O) groups is 3. The smallest absolute Gasteiger partial charge is 0.306 e. The molecule has 7 rings (SSSR count). The van der Waals surface area contributed by atoms with Gasteiger partial charge in [0.1, 0.15) is 6.10 Å². The molecule has 0 aromatic rings. The number of rotatable bonds is 8. The molecular formula is C44H72N2O5. The fraction of sp³-hybridized carbons (Fsp3) is 0.932. The quantitative estimate of drug-likeness (QED) is 0.254. The Morgan fingerprint density at radius 3 is 2.04 bits per heavy atom. The van der Waals surface area contributed by atoms with Gasteiger partial charge in [0, 0.05) is 31.6 Å². The number of hydrogen-bond donors (Lipinski definition) is 1. The second-order valence-corrected chi connectivity index (χ2v) is 21.6. The second kappa shape index (κ2) is 12.4. The SMILES string of the molecule is CCN1CCN(C(=O)[C@]23CC[C@@H](C4(C)CC4)[C@@H]2[C@H]2CC[C@@H]4[C@@]5(C)CC[C@H](OC(=O)CC(C)(C)CC(=O)O)C(C)(C)[C@@H]5CC[C@@]4(C)[C@]2(C)CC3)CC1. The van der Waals surface area contributed by atoms with Gasteiger partial charge in [0.25, 0.3) is 0 Å². The van der Waals surface area contributed by atoms with E-state index in [0.717, 1.165) is 64.8 Å². The van der Waals surface area contributed by atoms with Crippen LogP contribution in [0.15, 0.2) is 0 Å². The van der Waals surface area contributed by atoms with Crippen LogP contribution in [0, 0.1) is 67.5 Å². The van der Waals surface area contributed by atoms with E-state index in [1.807, 2.05) is 13.8 Å². The molecule has 0 aromatic heterocycles. The van der Waals surface area contributed by atoms with Gasteiger partial charge in [-0.15, -0.1) is 0 Å². The molecule has 1 heterocycles. The first-order valence-electron chi connectivity index (χ1n) is 21.2. The van der Waals surface area contributed by atoms with Gasteiger partial charge in [-0.2, -0.15) is 0 Å². The van der Waals surface area contributed by atoms with E-state index in [-0.39, 0.29) is 52.0 Å². The number of carboxylic acid groups (broad SMARTS) is 1. The van der Waals surface area contributed by atoms with Crippen molar-refractivity contribution in [2.45, 2.75) is 158 Å². The number of amides is 1. The number of ether oxygens (including phenoxy) is 1. The Morgan fingerprint density at radius 1 is 0.725 bits per heavy atom. The minimum atomic E-state index is -0.874. The maximum Gasteiger partial charge on any atom is 0.306 e. The first kappa shape index (κ1) is 37.7. The predicted octanol–water partition coefficient (Wildman–Crippen LogP) is 8.83. The van der Waals surface area contributed by atoms with E-state index in [2.05, 4.69) is 58.3 Å². The third-order valence-electron chi connectivity index (χ3n) is 18.4.